The Bertz CT molecular complexity index is 640. The number of allylic oxidation sites excluding steroid dienone is 2. The van der Waals surface area contributed by atoms with Crippen LogP contribution >= 0.6 is 27.7 Å². The lowest BCUT2D eigenvalue weighted by Crippen LogP contribution is -2.24. The summed E-state index contributed by atoms with van der Waals surface area (Å²) in [6.45, 7) is 3.96. The molecule has 2 rings (SSSR count). The molecule has 0 amide bonds. The van der Waals surface area contributed by atoms with Crippen molar-refractivity contribution in [2.24, 2.45) is 11.1 Å². The second kappa shape index (κ2) is 9.28. The minimum atomic E-state index is -0.0432. The summed E-state index contributed by atoms with van der Waals surface area (Å²) in [4.78, 5) is 18.5. The highest BCUT2D eigenvalue weighted by molar-refractivity contribution is 9.10. The third kappa shape index (κ3) is 5.38. The molecule has 1 unspecified atom stereocenters. The maximum Gasteiger partial charge on any atom is 0.168 e. The molecule has 1 atom stereocenters. The van der Waals surface area contributed by atoms with Gasteiger partial charge in [0.2, 0.25) is 0 Å². The second-order valence-corrected chi connectivity index (χ2v) is 7.79. The van der Waals surface area contributed by atoms with E-state index in [4.69, 9.17) is 4.84 Å². The lowest BCUT2D eigenvalue weighted by atomic mass is 9.84. The van der Waals surface area contributed by atoms with E-state index in [0.717, 1.165) is 16.6 Å². The SMILES string of the molecule is CCON=C(C)C1=C(O)CC(CCSc2ccc(Br)cc2)CC1=O. The number of oxime groups is 1. The predicted molar refractivity (Wildman–Crippen MR) is 102 cm³/mol. The van der Waals surface area contributed by atoms with Crippen LogP contribution in [-0.2, 0) is 9.63 Å². The number of aliphatic hydroxyl groups excluding tert-OH is 1. The summed E-state index contributed by atoms with van der Waals surface area (Å²) in [6, 6.07) is 8.19. The van der Waals surface area contributed by atoms with Gasteiger partial charge in [-0.1, -0.05) is 21.1 Å². The molecule has 1 aromatic carbocycles. The largest absolute Gasteiger partial charge is 0.511 e. The molecule has 0 saturated carbocycles. The first kappa shape index (κ1) is 19.1. The zero-order chi connectivity index (χ0) is 17.5. The van der Waals surface area contributed by atoms with E-state index in [9.17, 15) is 9.90 Å². The molecule has 4 nitrogen and oxygen atoms in total. The van der Waals surface area contributed by atoms with Crippen LogP contribution in [0.4, 0.5) is 0 Å². The highest BCUT2D eigenvalue weighted by atomic mass is 79.9. The van der Waals surface area contributed by atoms with Crippen molar-refractivity contribution in [3.63, 3.8) is 0 Å². The number of carbonyl (C=O) groups excluding carboxylic acids is 1. The Morgan fingerprint density at radius 2 is 2.08 bits per heavy atom. The molecule has 1 aliphatic carbocycles. The fraction of sp³-hybridized carbons (Fsp3) is 0.444. The van der Waals surface area contributed by atoms with Crippen LogP contribution in [0.2, 0.25) is 0 Å². The predicted octanol–water partition coefficient (Wildman–Crippen LogP) is 5.13. The van der Waals surface area contributed by atoms with Crippen molar-refractivity contribution in [2.45, 2.75) is 38.0 Å². The smallest absolute Gasteiger partial charge is 0.168 e. The molecule has 0 spiro atoms. The molecule has 1 aliphatic rings. The number of halogens is 1. The van der Waals surface area contributed by atoms with Gasteiger partial charge in [-0.2, -0.15) is 0 Å². The summed E-state index contributed by atoms with van der Waals surface area (Å²) in [5.41, 5.74) is 0.794. The Hall–Kier alpha value is -1.27. The number of aliphatic hydroxyl groups is 1. The van der Waals surface area contributed by atoms with Crippen LogP contribution in [0, 0.1) is 5.92 Å². The minimum Gasteiger partial charge on any atom is -0.511 e. The van der Waals surface area contributed by atoms with E-state index in [1.807, 2.05) is 19.1 Å². The lowest BCUT2D eigenvalue weighted by Gasteiger charge is -2.23. The topological polar surface area (TPSA) is 58.9 Å². The summed E-state index contributed by atoms with van der Waals surface area (Å²) in [6.07, 6.45) is 1.88. The van der Waals surface area contributed by atoms with Crippen molar-refractivity contribution in [1.29, 1.82) is 0 Å². The zero-order valence-corrected chi connectivity index (χ0v) is 16.3. The molecule has 0 aromatic heterocycles. The maximum atomic E-state index is 12.3. The van der Waals surface area contributed by atoms with Gasteiger partial charge in [0.15, 0.2) is 5.78 Å². The molecule has 0 bridgehead atoms. The van der Waals surface area contributed by atoms with Crippen molar-refractivity contribution in [2.75, 3.05) is 12.4 Å². The molecule has 0 heterocycles. The van der Waals surface area contributed by atoms with Crippen LogP contribution in [0.25, 0.3) is 0 Å². The molecular weight excluding hydrogens is 390 g/mol. The summed E-state index contributed by atoms with van der Waals surface area (Å²) in [7, 11) is 0. The van der Waals surface area contributed by atoms with Crippen molar-refractivity contribution < 1.29 is 14.7 Å². The Morgan fingerprint density at radius 3 is 2.71 bits per heavy atom. The van der Waals surface area contributed by atoms with E-state index in [1.165, 1.54) is 4.90 Å². The highest BCUT2D eigenvalue weighted by Gasteiger charge is 2.29. The van der Waals surface area contributed by atoms with E-state index < -0.39 is 0 Å². The minimum absolute atomic E-state index is 0.0432. The van der Waals surface area contributed by atoms with Crippen LogP contribution in [0.1, 0.15) is 33.1 Å². The Labute approximate surface area is 155 Å². The Kier molecular flexibility index (Phi) is 7.37. The van der Waals surface area contributed by atoms with Gasteiger partial charge in [0.1, 0.15) is 12.4 Å². The standard InChI is InChI=1S/C18H22BrNO3S/c1-3-23-20-12(2)18-16(21)10-13(11-17(18)22)8-9-24-15-6-4-14(19)5-7-15/h4-7,13,21H,3,8-11H2,1-2H3. The quantitative estimate of drug-likeness (QED) is 0.383. The van der Waals surface area contributed by atoms with Gasteiger partial charge in [-0.25, -0.2) is 0 Å². The highest BCUT2D eigenvalue weighted by Crippen LogP contribution is 2.31. The summed E-state index contributed by atoms with van der Waals surface area (Å²) in [5, 5.41) is 14.1. The van der Waals surface area contributed by atoms with Crippen LogP contribution in [0.15, 0.2) is 50.1 Å². The van der Waals surface area contributed by atoms with Gasteiger partial charge in [-0.05, 0) is 56.2 Å². The number of ketones is 1. The number of thioether (sulfide) groups is 1. The molecule has 6 heteroatoms. The molecule has 0 saturated heterocycles. The normalized spacial score (nSPS) is 18.9. The van der Waals surface area contributed by atoms with Crippen molar-refractivity contribution in [3.05, 3.63) is 40.1 Å². The van der Waals surface area contributed by atoms with E-state index in [-0.39, 0.29) is 17.5 Å². The first-order chi connectivity index (χ1) is 11.5. The third-order valence-electron chi connectivity index (χ3n) is 3.82. The molecule has 0 radical (unpaired) electrons. The molecule has 1 aromatic rings. The van der Waals surface area contributed by atoms with E-state index in [0.29, 0.717) is 30.7 Å². The zero-order valence-electron chi connectivity index (χ0n) is 13.9. The molecule has 130 valence electrons. The first-order valence-electron chi connectivity index (χ1n) is 8.01. The summed E-state index contributed by atoms with van der Waals surface area (Å²) in [5.74, 6) is 1.21. The van der Waals surface area contributed by atoms with E-state index in [2.05, 4.69) is 33.2 Å². The fourth-order valence-corrected chi connectivity index (χ4v) is 3.95. The average Bonchev–Trinajstić information content (AvgIpc) is 2.54. The number of nitrogens with zero attached hydrogens (tertiary/aromatic N) is 1. The molecule has 24 heavy (non-hydrogen) atoms. The third-order valence-corrected chi connectivity index (χ3v) is 5.40. The molecule has 0 aliphatic heterocycles. The van der Waals surface area contributed by atoms with E-state index in [1.54, 1.807) is 18.7 Å². The number of hydrogen-bond acceptors (Lipinski definition) is 5. The molecule has 0 fully saturated rings. The average molecular weight is 412 g/mol. The Morgan fingerprint density at radius 1 is 1.38 bits per heavy atom. The maximum absolute atomic E-state index is 12.3. The van der Waals surface area contributed by atoms with Crippen LogP contribution in [0.5, 0.6) is 0 Å². The van der Waals surface area contributed by atoms with Crippen LogP contribution in [-0.4, -0.2) is 29.0 Å². The summed E-state index contributed by atoms with van der Waals surface area (Å²) < 4.78 is 1.07. The second-order valence-electron chi connectivity index (χ2n) is 5.70. The fourth-order valence-electron chi connectivity index (χ4n) is 2.67. The first-order valence-corrected chi connectivity index (χ1v) is 9.79. The van der Waals surface area contributed by atoms with Gasteiger partial charge in [0.05, 0.1) is 11.3 Å². The summed E-state index contributed by atoms with van der Waals surface area (Å²) >= 11 is 5.19. The van der Waals surface area contributed by atoms with Gasteiger partial charge in [-0.3, -0.25) is 4.79 Å². The molecular formula is C18H22BrNO3S. The number of benzene rings is 1. The Balaban J connectivity index is 1.90. The molecule has 1 N–H and O–H groups in total. The van der Waals surface area contributed by atoms with Gasteiger partial charge in [0.25, 0.3) is 0 Å². The number of Topliss-reactive ketones (excluding diaryl/α,β-unsaturated/α-hetero) is 1. The van der Waals surface area contributed by atoms with Crippen molar-refractivity contribution in [3.8, 4) is 0 Å². The number of rotatable bonds is 7. The van der Waals surface area contributed by atoms with Gasteiger partial charge >= 0.3 is 0 Å². The number of hydrogen-bond donors (Lipinski definition) is 1. The van der Waals surface area contributed by atoms with Gasteiger partial charge in [-0.15, -0.1) is 11.8 Å². The van der Waals surface area contributed by atoms with Crippen LogP contribution in [0.3, 0.4) is 0 Å². The van der Waals surface area contributed by atoms with Crippen LogP contribution < -0.4 is 0 Å². The van der Waals surface area contributed by atoms with Gasteiger partial charge < -0.3 is 9.94 Å². The number of carbonyl (C=O) groups is 1. The lowest BCUT2D eigenvalue weighted by molar-refractivity contribution is -0.116. The monoisotopic (exact) mass is 411 g/mol. The van der Waals surface area contributed by atoms with Gasteiger partial charge in [0, 0.05) is 22.2 Å². The van der Waals surface area contributed by atoms with Crippen molar-refractivity contribution in [1.82, 2.24) is 0 Å². The van der Waals surface area contributed by atoms with E-state index >= 15 is 0 Å². The van der Waals surface area contributed by atoms with Crippen molar-refractivity contribution >= 4 is 39.2 Å².